The van der Waals surface area contributed by atoms with Gasteiger partial charge in [-0.05, 0) is 55.1 Å². The van der Waals surface area contributed by atoms with Crippen LogP contribution in [-0.4, -0.2) is 6.04 Å². The second-order valence-corrected chi connectivity index (χ2v) is 8.25. The lowest BCUT2D eigenvalue weighted by atomic mass is 9.60. The summed E-state index contributed by atoms with van der Waals surface area (Å²) in [6, 6.07) is 11.2. The van der Waals surface area contributed by atoms with Gasteiger partial charge >= 0.3 is 0 Å². The van der Waals surface area contributed by atoms with Crippen molar-refractivity contribution in [2.24, 2.45) is 10.8 Å². The van der Waals surface area contributed by atoms with Crippen LogP contribution in [0.3, 0.4) is 0 Å². The Bertz CT molecular complexity index is 536. The first kappa shape index (κ1) is 14.7. The quantitative estimate of drug-likeness (QED) is 0.677. The third-order valence-corrected chi connectivity index (χ3v) is 5.66. The highest BCUT2D eigenvalue weighted by Gasteiger charge is 2.41. The number of hydrogen-bond acceptors (Lipinski definition) is 1. The van der Waals surface area contributed by atoms with Crippen molar-refractivity contribution < 1.29 is 0 Å². The smallest absolute Gasteiger partial charge is 0.0352 e. The molecule has 0 radical (unpaired) electrons. The highest BCUT2D eigenvalue weighted by Crippen LogP contribution is 2.51. The zero-order valence-corrected chi connectivity index (χ0v) is 14.0. The van der Waals surface area contributed by atoms with Gasteiger partial charge in [-0.1, -0.05) is 57.0 Å². The van der Waals surface area contributed by atoms with E-state index in [0.29, 0.717) is 16.9 Å². The van der Waals surface area contributed by atoms with Gasteiger partial charge in [-0.15, -0.1) is 0 Å². The van der Waals surface area contributed by atoms with Crippen molar-refractivity contribution in [3.05, 3.63) is 41.5 Å². The molecule has 0 heterocycles. The van der Waals surface area contributed by atoms with Crippen molar-refractivity contribution in [2.75, 3.05) is 5.32 Å². The van der Waals surface area contributed by atoms with Crippen LogP contribution in [-0.2, 0) is 0 Å². The first-order valence-corrected chi connectivity index (χ1v) is 8.41. The molecule has 1 aromatic rings. The van der Waals surface area contributed by atoms with Crippen molar-refractivity contribution in [2.45, 2.75) is 65.8 Å². The molecular formula is C20H29N. The van der Waals surface area contributed by atoms with E-state index in [1.54, 1.807) is 11.1 Å². The van der Waals surface area contributed by atoms with Crippen LogP contribution in [0.2, 0.25) is 0 Å². The third kappa shape index (κ3) is 2.88. The minimum Gasteiger partial charge on any atom is -0.381 e. The summed E-state index contributed by atoms with van der Waals surface area (Å²) in [7, 11) is 0. The topological polar surface area (TPSA) is 12.0 Å². The Hall–Kier alpha value is -1.24. The molecule has 1 atom stereocenters. The number of hydrogen-bond donors (Lipinski definition) is 1. The first-order valence-electron chi connectivity index (χ1n) is 8.41. The SMILES string of the molecule is CC1(C)CCCC2=C1CC(C)(C)[C@H](Nc1ccccc1)C2. The second kappa shape index (κ2) is 5.19. The van der Waals surface area contributed by atoms with Crippen LogP contribution in [0.4, 0.5) is 5.69 Å². The van der Waals surface area contributed by atoms with Gasteiger partial charge in [0.25, 0.3) is 0 Å². The maximum atomic E-state index is 3.80. The minimum atomic E-state index is 0.323. The Kier molecular flexibility index (Phi) is 3.63. The zero-order valence-electron chi connectivity index (χ0n) is 14.0. The Morgan fingerprint density at radius 1 is 1.05 bits per heavy atom. The molecule has 0 unspecified atom stereocenters. The lowest BCUT2D eigenvalue weighted by Crippen LogP contribution is -2.43. The van der Waals surface area contributed by atoms with Gasteiger partial charge in [-0.2, -0.15) is 0 Å². The van der Waals surface area contributed by atoms with Crippen LogP contribution in [0, 0.1) is 10.8 Å². The van der Waals surface area contributed by atoms with Gasteiger partial charge in [-0.25, -0.2) is 0 Å². The van der Waals surface area contributed by atoms with Gasteiger partial charge in [0.2, 0.25) is 0 Å². The summed E-state index contributed by atoms with van der Waals surface area (Å²) < 4.78 is 0. The van der Waals surface area contributed by atoms with Gasteiger partial charge in [0.15, 0.2) is 0 Å². The molecule has 1 nitrogen and oxygen atoms in total. The predicted octanol–water partition coefficient (Wildman–Crippen LogP) is 5.79. The summed E-state index contributed by atoms with van der Waals surface area (Å²) in [5, 5.41) is 3.80. The summed E-state index contributed by atoms with van der Waals surface area (Å²) in [6.07, 6.45) is 6.52. The van der Waals surface area contributed by atoms with Gasteiger partial charge in [-0.3, -0.25) is 0 Å². The maximum Gasteiger partial charge on any atom is 0.0352 e. The van der Waals surface area contributed by atoms with Crippen LogP contribution in [0.5, 0.6) is 0 Å². The van der Waals surface area contributed by atoms with Crippen LogP contribution >= 0.6 is 0 Å². The summed E-state index contributed by atoms with van der Waals surface area (Å²) in [6.45, 7) is 9.76. The van der Waals surface area contributed by atoms with E-state index in [2.05, 4.69) is 63.3 Å². The zero-order chi connectivity index (χ0) is 15.1. The summed E-state index contributed by atoms with van der Waals surface area (Å²) in [5.41, 5.74) is 5.52. The standard InChI is InChI=1S/C20H29N/c1-19(2)12-8-9-15-13-18(20(3,4)14-17(15)19)21-16-10-6-5-7-11-16/h5-7,10-11,18,21H,8-9,12-14H2,1-4H3/t18-/m1/s1. The van der Waals surface area contributed by atoms with E-state index < -0.39 is 0 Å². The molecule has 21 heavy (non-hydrogen) atoms. The van der Waals surface area contributed by atoms with Crippen molar-refractivity contribution in [3.8, 4) is 0 Å². The van der Waals surface area contributed by atoms with Crippen molar-refractivity contribution in [3.63, 3.8) is 0 Å². The third-order valence-electron chi connectivity index (χ3n) is 5.66. The average molecular weight is 283 g/mol. The first-order chi connectivity index (χ1) is 9.88. The summed E-state index contributed by atoms with van der Waals surface area (Å²) in [4.78, 5) is 0. The van der Waals surface area contributed by atoms with Crippen molar-refractivity contribution in [1.82, 2.24) is 0 Å². The molecule has 0 bridgehead atoms. The number of para-hydroxylation sites is 1. The molecule has 0 aromatic heterocycles. The summed E-state index contributed by atoms with van der Waals surface area (Å²) >= 11 is 0. The second-order valence-electron chi connectivity index (χ2n) is 8.25. The molecule has 1 N–H and O–H groups in total. The van der Waals surface area contributed by atoms with Crippen molar-refractivity contribution >= 4 is 5.69 Å². The minimum absolute atomic E-state index is 0.323. The highest BCUT2D eigenvalue weighted by molar-refractivity contribution is 5.45. The molecule has 0 aliphatic heterocycles. The molecule has 0 fully saturated rings. The molecule has 3 rings (SSSR count). The van der Waals surface area contributed by atoms with Gasteiger partial charge < -0.3 is 5.32 Å². The van der Waals surface area contributed by atoms with E-state index in [1.165, 1.54) is 37.8 Å². The fourth-order valence-electron chi connectivity index (χ4n) is 4.20. The molecule has 114 valence electrons. The molecule has 0 spiro atoms. The van der Waals surface area contributed by atoms with E-state index in [-0.39, 0.29) is 0 Å². The largest absolute Gasteiger partial charge is 0.381 e. The Morgan fingerprint density at radius 2 is 1.76 bits per heavy atom. The number of benzene rings is 1. The number of nitrogens with one attached hydrogen (secondary N) is 1. The summed E-state index contributed by atoms with van der Waals surface area (Å²) in [5.74, 6) is 0. The molecule has 1 aromatic carbocycles. The lowest BCUT2D eigenvalue weighted by Gasteiger charge is -2.48. The van der Waals surface area contributed by atoms with E-state index in [9.17, 15) is 0 Å². The van der Waals surface area contributed by atoms with Crippen LogP contribution in [0.1, 0.15) is 59.8 Å². The number of rotatable bonds is 2. The van der Waals surface area contributed by atoms with E-state index in [4.69, 9.17) is 0 Å². The fourth-order valence-corrected chi connectivity index (χ4v) is 4.20. The van der Waals surface area contributed by atoms with Gasteiger partial charge in [0, 0.05) is 11.7 Å². The molecule has 2 aliphatic carbocycles. The molecule has 0 saturated carbocycles. The van der Waals surface area contributed by atoms with Crippen LogP contribution < -0.4 is 5.32 Å². The van der Waals surface area contributed by atoms with Gasteiger partial charge in [0.1, 0.15) is 0 Å². The fraction of sp³-hybridized carbons (Fsp3) is 0.600. The van der Waals surface area contributed by atoms with Crippen molar-refractivity contribution in [1.29, 1.82) is 0 Å². The Balaban J connectivity index is 1.86. The molecule has 1 heteroatoms. The Morgan fingerprint density at radius 3 is 2.48 bits per heavy atom. The molecule has 0 saturated heterocycles. The van der Waals surface area contributed by atoms with Crippen LogP contribution in [0.25, 0.3) is 0 Å². The number of allylic oxidation sites excluding steroid dienone is 1. The van der Waals surface area contributed by atoms with Gasteiger partial charge in [0.05, 0.1) is 0 Å². The highest BCUT2D eigenvalue weighted by atomic mass is 14.9. The molecular weight excluding hydrogens is 254 g/mol. The predicted molar refractivity (Wildman–Crippen MR) is 91.5 cm³/mol. The van der Waals surface area contributed by atoms with E-state index in [1.807, 2.05) is 0 Å². The van der Waals surface area contributed by atoms with E-state index in [0.717, 1.165) is 0 Å². The normalized spacial score (nSPS) is 27.1. The molecule has 2 aliphatic rings. The lowest BCUT2D eigenvalue weighted by molar-refractivity contribution is 0.225. The average Bonchev–Trinajstić information content (AvgIpc) is 2.42. The maximum absolute atomic E-state index is 3.80. The van der Waals surface area contributed by atoms with Crippen LogP contribution in [0.15, 0.2) is 41.5 Å². The Labute approximate surface area is 129 Å². The molecule has 0 amide bonds. The van der Waals surface area contributed by atoms with E-state index >= 15 is 0 Å². The monoisotopic (exact) mass is 283 g/mol. The number of anilines is 1.